The van der Waals surface area contributed by atoms with Crippen LogP contribution >= 0.6 is 11.3 Å². The molecule has 10 heteroatoms. The van der Waals surface area contributed by atoms with Gasteiger partial charge in [-0.2, -0.15) is 5.10 Å². The fraction of sp³-hybridized carbons (Fsp3) is 0.111. The lowest BCUT2D eigenvalue weighted by Gasteiger charge is -2.15. The van der Waals surface area contributed by atoms with E-state index in [1.807, 2.05) is 17.5 Å². The first-order valence-electron chi connectivity index (χ1n) is 8.40. The quantitative estimate of drug-likeness (QED) is 0.557. The van der Waals surface area contributed by atoms with Crippen molar-refractivity contribution in [3.05, 3.63) is 70.6 Å². The summed E-state index contributed by atoms with van der Waals surface area (Å²) < 4.78 is 2.70. The Hall–Kier alpha value is -3.66. The molecule has 28 heavy (non-hydrogen) atoms. The van der Waals surface area contributed by atoms with Gasteiger partial charge in [-0.05, 0) is 59.1 Å². The van der Waals surface area contributed by atoms with Crippen molar-refractivity contribution in [1.29, 1.82) is 0 Å². The lowest BCUT2D eigenvalue weighted by molar-refractivity contribution is -0.119. The Balaban J connectivity index is 1.52. The Morgan fingerprint density at radius 1 is 1.14 bits per heavy atom. The smallest absolute Gasteiger partial charge is 0.267 e. The first kappa shape index (κ1) is 17.7. The van der Waals surface area contributed by atoms with Gasteiger partial charge in [-0.1, -0.05) is 6.07 Å². The van der Waals surface area contributed by atoms with Gasteiger partial charge in [0.15, 0.2) is 0 Å². The highest BCUT2D eigenvalue weighted by atomic mass is 32.1. The number of nitrogens with zero attached hydrogens (tertiary/aromatic N) is 6. The highest BCUT2D eigenvalue weighted by Gasteiger charge is 2.18. The molecular weight excluding hydrogens is 378 g/mol. The molecule has 0 saturated carbocycles. The van der Waals surface area contributed by atoms with E-state index >= 15 is 0 Å². The lowest BCUT2D eigenvalue weighted by atomic mass is 10.2. The van der Waals surface area contributed by atoms with Crippen molar-refractivity contribution in [3.63, 3.8) is 0 Å². The summed E-state index contributed by atoms with van der Waals surface area (Å²) in [6, 6.07) is 13.2. The predicted octanol–water partition coefficient (Wildman–Crippen LogP) is 2.15. The molecule has 1 unspecified atom stereocenters. The zero-order valence-corrected chi connectivity index (χ0v) is 15.6. The summed E-state index contributed by atoms with van der Waals surface area (Å²) in [6.07, 6.45) is 1.48. The van der Waals surface area contributed by atoms with Crippen LogP contribution in [0.3, 0.4) is 0 Å². The summed E-state index contributed by atoms with van der Waals surface area (Å²) in [5.41, 5.74) is 1.67. The van der Waals surface area contributed by atoms with Crippen LogP contribution in [0.25, 0.3) is 16.3 Å². The standard InChI is InChI=1S/C18H15N7O2S/c1-12(25-17(26)9-8-15(21-25)16-3-2-10-28-16)18(27)20-13-4-6-14(7-5-13)24-11-19-22-23-24/h2-12H,1H3,(H,20,27). The highest BCUT2D eigenvalue weighted by Crippen LogP contribution is 2.22. The normalized spacial score (nSPS) is 11.9. The van der Waals surface area contributed by atoms with E-state index in [1.54, 1.807) is 37.3 Å². The van der Waals surface area contributed by atoms with Gasteiger partial charge in [0.2, 0.25) is 5.91 Å². The molecule has 9 nitrogen and oxygen atoms in total. The molecule has 3 heterocycles. The minimum Gasteiger partial charge on any atom is -0.324 e. The van der Waals surface area contributed by atoms with Crippen molar-refractivity contribution in [3.8, 4) is 16.3 Å². The molecule has 0 fully saturated rings. The number of hydrogen-bond donors (Lipinski definition) is 1. The van der Waals surface area contributed by atoms with Crippen molar-refractivity contribution >= 4 is 22.9 Å². The van der Waals surface area contributed by atoms with Crippen LogP contribution in [0.15, 0.2) is 65.0 Å². The number of hydrogen-bond acceptors (Lipinski definition) is 7. The topological polar surface area (TPSA) is 108 Å². The Morgan fingerprint density at radius 2 is 1.96 bits per heavy atom. The van der Waals surface area contributed by atoms with E-state index in [4.69, 9.17) is 0 Å². The second-order valence-corrected chi connectivity index (χ2v) is 6.89. The molecule has 140 valence electrons. The van der Waals surface area contributed by atoms with Crippen molar-refractivity contribution in [1.82, 2.24) is 30.0 Å². The fourth-order valence-electron chi connectivity index (χ4n) is 2.59. The molecular formula is C18H15N7O2S. The van der Waals surface area contributed by atoms with E-state index in [-0.39, 0.29) is 11.5 Å². The number of nitrogens with one attached hydrogen (secondary N) is 1. The van der Waals surface area contributed by atoms with Gasteiger partial charge in [-0.25, -0.2) is 9.36 Å². The molecule has 1 atom stereocenters. The Morgan fingerprint density at radius 3 is 2.64 bits per heavy atom. The molecule has 0 saturated heterocycles. The minimum absolute atomic E-state index is 0.336. The maximum Gasteiger partial charge on any atom is 0.267 e. The third kappa shape index (κ3) is 3.58. The molecule has 3 aromatic heterocycles. The second kappa shape index (κ2) is 7.53. The van der Waals surface area contributed by atoms with Gasteiger partial charge in [0, 0.05) is 11.8 Å². The van der Waals surface area contributed by atoms with Crippen LogP contribution in [0, 0.1) is 0 Å². The summed E-state index contributed by atoms with van der Waals surface area (Å²) in [4.78, 5) is 25.8. The van der Waals surface area contributed by atoms with Crippen molar-refractivity contribution in [2.45, 2.75) is 13.0 Å². The summed E-state index contributed by atoms with van der Waals surface area (Å²) >= 11 is 1.52. The molecule has 0 bridgehead atoms. The van der Waals surface area contributed by atoms with Crippen molar-refractivity contribution < 1.29 is 4.79 Å². The maximum absolute atomic E-state index is 12.6. The third-order valence-electron chi connectivity index (χ3n) is 4.09. The van der Waals surface area contributed by atoms with Crippen LogP contribution in [-0.4, -0.2) is 35.9 Å². The van der Waals surface area contributed by atoms with Gasteiger partial charge in [0.05, 0.1) is 10.6 Å². The molecule has 0 radical (unpaired) electrons. The monoisotopic (exact) mass is 393 g/mol. The molecule has 0 aliphatic rings. The molecule has 0 aliphatic heterocycles. The average Bonchev–Trinajstić information content (AvgIpc) is 3.42. The van der Waals surface area contributed by atoms with Crippen LogP contribution in [-0.2, 0) is 4.79 Å². The molecule has 0 aliphatic carbocycles. The molecule has 1 aromatic carbocycles. The van der Waals surface area contributed by atoms with E-state index in [2.05, 4.69) is 25.9 Å². The van der Waals surface area contributed by atoms with Crippen LogP contribution in [0.2, 0.25) is 0 Å². The molecule has 1 N–H and O–H groups in total. The van der Waals surface area contributed by atoms with Gasteiger partial charge < -0.3 is 5.32 Å². The summed E-state index contributed by atoms with van der Waals surface area (Å²) in [5.74, 6) is -0.340. The van der Waals surface area contributed by atoms with Gasteiger partial charge in [-0.3, -0.25) is 9.59 Å². The molecule has 0 spiro atoms. The third-order valence-corrected chi connectivity index (χ3v) is 4.99. The van der Waals surface area contributed by atoms with E-state index in [0.29, 0.717) is 11.4 Å². The van der Waals surface area contributed by atoms with E-state index in [9.17, 15) is 9.59 Å². The van der Waals surface area contributed by atoms with Gasteiger partial charge >= 0.3 is 0 Å². The zero-order valence-electron chi connectivity index (χ0n) is 14.8. The first-order valence-corrected chi connectivity index (χ1v) is 9.28. The number of anilines is 1. The zero-order chi connectivity index (χ0) is 19.5. The Bertz CT molecular complexity index is 1140. The van der Waals surface area contributed by atoms with Crippen LogP contribution in [0.5, 0.6) is 0 Å². The van der Waals surface area contributed by atoms with Gasteiger partial charge in [0.25, 0.3) is 5.56 Å². The highest BCUT2D eigenvalue weighted by molar-refractivity contribution is 7.13. The number of tetrazole rings is 1. The largest absolute Gasteiger partial charge is 0.324 e. The number of amides is 1. The SMILES string of the molecule is CC(C(=O)Nc1ccc(-n2cnnn2)cc1)n1nc(-c2cccs2)ccc1=O. The average molecular weight is 393 g/mol. The maximum atomic E-state index is 12.6. The van der Waals surface area contributed by atoms with Crippen molar-refractivity contribution in [2.75, 3.05) is 5.32 Å². The predicted molar refractivity (Wildman–Crippen MR) is 104 cm³/mol. The first-order chi connectivity index (χ1) is 13.6. The van der Waals surface area contributed by atoms with Gasteiger partial charge in [-0.15, -0.1) is 16.4 Å². The van der Waals surface area contributed by atoms with Crippen LogP contribution < -0.4 is 10.9 Å². The molecule has 4 rings (SSSR count). The Kier molecular flexibility index (Phi) is 4.77. The van der Waals surface area contributed by atoms with Crippen LogP contribution in [0.1, 0.15) is 13.0 Å². The van der Waals surface area contributed by atoms with Crippen molar-refractivity contribution in [2.24, 2.45) is 0 Å². The number of carbonyl (C=O) groups excluding carboxylic acids is 1. The number of rotatable bonds is 5. The lowest BCUT2D eigenvalue weighted by Crippen LogP contribution is -2.33. The van der Waals surface area contributed by atoms with Crippen LogP contribution in [0.4, 0.5) is 5.69 Å². The summed E-state index contributed by atoms with van der Waals surface area (Å²) in [6.45, 7) is 1.64. The number of thiophene rings is 1. The fourth-order valence-corrected chi connectivity index (χ4v) is 3.28. The van der Waals surface area contributed by atoms with E-state index in [1.165, 1.54) is 33.1 Å². The number of benzene rings is 1. The number of carbonyl (C=O) groups is 1. The summed E-state index contributed by atoms with van der Waals surface area (Å²) in [5, 5.41) is 20.1. The Labute approximate surface area is 163 Å². The number of aromatic nitrogens is 6. The second-order valence-electron chi connectivity index (χ2n) is 5.95. The van der Waals surface area contributed by atoms with Gasteiger partial charge in [0.1, 0.15) is 18.1 Å². The summed E-state index contributed by atoms with van der Waals surface area (Å²) in [7, 11) is 0. The molecule has 1 amide bonds. The minimum atomic E-state index is -0.772. The molecule has 4 aromatic rings. The van der Waals surface area contributed by atoms with E-state index in [0.717, 1.165) is 10.6 Å². The van der Waals surface area contributed by atoms with E-state index < -0.39 is 6.04 Å².